The molecule has 0 saturated carbocycles. The summed E-state index contributed by atoms with van der Waals surface area (Å²) in [5.41, 5.74) is 7.08. The summed E-state index contributed by atoms with van der Waals surface area (Å²) in [5, 5.41) is 3.71. The number of aromatic nitrogens is 2. The van der Waals surface area contributed by atoms with Crippen molar-refractivity contribution in [2.45, 2.75) is 6.92 Å². The van der Waals surface area contributed by atoms with Gasteiger partial charge in [-0.2, -0.15) is 0 Å². The number of nitrogens with two attached hydrogens (primary N) is 1. The van der Waals surface area contributed by atoms with E-state index in [9.17, 15) is 4.79 Å². The highest BCUT2D eigenvalue weighted by Gasteiger charge is 2.13. The first-order valence-electron chi connectivity index (χ1n) is 10.7. The Bertz CT molecular complexity index is 1240. The molecular weight excluding hydrogens is 430 g/mol. The van der Waals surface area contributed by atoms with Crippen molar-refractivity contribution in [2.75, 3.05) is 20.2 Å². The SMILES string of the molecule is CC=O.CNCCOc1ccc(-c2ccc(-c3cc(C(=O)NN)c4cnccc4n3)cc2)cc1. The summed E-state index contributed by atoms with van der Waals surface area (Å²) >= 11 is 0. The fraction of sp³-hybridized carbons (Fsp3) is 0.154. The molecule has 0 aliphatic carbocycles. The molecule has 0 atom stereocenters. The van der Waals surface area contributed by atoms with Crippen molar-refractivity contribution in [3.63, 3.8) is 0 Å². The third-order valence-corrected chi connectivity index (χ3v) is 4.98. The summed E-state index contributed by atoms with van der Waals surface area (Å²) in [5.74, 6) is 5.82. The molecule has 1 amide bonds. The summed E-state index contributed by atoms with van der Waals surface area (Å²) in [6.45, 7) is 2.88. The Balaban J connectivity index is 0.00000103. The molecule has 4 rings (SSSR count). The number of carbonyl (C=O) groups excluding carboxylic acids is 2. The Morgan fingerprint density at radius 2 is 1.65 bits per heavy atom. The molecule has 0 bridgehead atoms. The molecule has 0 spiro atoms. The van der Waals surface area contributed by atoms with Crippen LogP contribution in [-0.4, -0.2) is 42.4 Å². The smallest absolute Gasteiger partial charge is 0.265 e. The average Bonchev–Trinajstić information content (AvgIpc) is 2.89. The van der Waals surface area contributed by atoms with Crippen molar-refractivity contribution >= 4 is 23.1 Å². The highest BCUT2D eigenvalue weighted by molar-refractivity contribution is 6.06. The number of hydrogen-bond donors (Lipinski definition) is 3. The van der Waals surface area contributed by atoms with E-state index in [1.54, 1.807) is 24.5 Å². The van der Waals surface area contributed by atoms with Crippen LogP contribution in [0.3, 0.4) is 0 Å². The number of aldehydes is 1. The summed E-state index contributed by atoms with van der Waals surface area (Å²) in [6, 6.07) is 19.6. The number of carbonyl (C=O) groups is 2. The van der Waals surface area contributed by atoms with E-state index in [1.165, 1.54) is 6.92 Å². The maximum Gasteiger partial charge on any atom is 0.265 e. The second-order valence-corrected chi connectivity index (χ2v) is 7.21. The minimum atomic E-state index is -0.379. The molecule has 0 saturated heterocycles. The number of nitrogens with one attached hydrogen (secondary N) is 2. The zero-order valence-electron chi connectivity index (χ0n) is 19.1. The molecule has 0 aliphatic rings. The number of ether oxygens (including phenoxy) is 1. The predicted molar refractivity (Wildman–Crippen MR) is 133 cm³/mol. The molecule has 0 radical (unpaired) electrons. The number of benzene rings is 2. The van der Waals surface area contributed by atoms with Crippen molar-refractivity contribution in [1.82, 2.24) is 20.7 Å². The molecule has 0 aliphatic heterocycles. The van der Waals surface area contributed by atoms with Gasteiger partial charge < -0.3 is 14.8 Å². The average molecular weight is 458 g/mol. The quantitative estimate of drug-likeness (QED) is 0.128. The molecule has 2 heterocycles. The van der Waals surface area contributed by atoms with Gasteiger partial charge in [-0.15, -0.1) is 0 Å². The highest BCUT2D eigenvalue weighted by Crippen LogP contribution is 2.28. The lowest BCUT2D eigenvalue weighted by atomic mass is 10.0. The zero-order chi connectivity index (χ0) is 24.3. The number of pyridine rings is 2. The lowest BCUT2D eigenvalue weighted by molar-refractivity contribution is -0.106. The van der Waals surface area contributed by atoms with Gasteiger partial charge >= 0.3 is 0 Å². The van der Waals surface area contributed by atoms with Gasteiger partial charge in [0.2, 0.25) is 0 Å². The number of fused-ring (bicyclic) bond motifs is 1. The predicted octanol–water partition coefficient (Wildman–Crippen LogP) is 3.37. The van der Waals surface area contributed by atoms with E-state index >= 15 is 0 Å². The second-order valence-electron chi connectivity index (χ2n) is 7.21. The lowest BCUT2D eigenvalue weighted by Gasteiger charge is -2.10. The number of rotatable bonds is 7. The first-order valence-corrected chi connectivity index (χ1v) is 10.7. The molecule has 8 nitrogen and oxygen atoms in total. The zero-order valence-corrected chi connectivity index (χ0v) is 19.1. The molecule has 174 valence electrons. The normalized spacial score (nSPS) is 10.2. The fourth-order valence-corrected chi connectivity index (χ4v) is 3.33. The van der Waals surface area contributed by atoms with Crippen LogP contribution in [0.5, 0.6) is 5.75 Å². The largest absolute Gasteiger partial charge is 0.492 e. The van der Waals surface area contributed by atoms with Crippen LogP contribution in [0.15, 0.2) is 73.1 Å². The van der Waals surface area contributed by atoms with Crippen LogP contribution in [-0.2, 0) is 4.79 Å². The van der Waals surface area contributed by atoms with Gasteiger partial charge in [-0.3, -0.25) is 15.2 Å². The Morgan fingerprint density at radius 1 is 1.03 bits per heavy atom. The Hall–Kier alpha value is -4.14. The standard InChI is InChI=1S/C24H23N5O2.C2H4O/c1-26-12-13-31-19-8-6-17(7-9-19)16-2-4-18(5-3-16)23-14-20(24(30)29-25)21-15-27-11-10-22(21)28-23;1-2-3/h2-11,14-15,26H,12-13,25H2,1H3,(H,29,30);2H,1H3. The van der Waals surface area contributed by atoms with E-state index in [0.29, 0.717) is 28.8 Å². The highest BCUT2D eigenvalue weighted by atomic mass is 16.5. The van der Waals surface area contributed by atoms with E-state index in [4.69, 9.17) is 15.4 Å². The monoisotopic (exact) mass is 457 g/mol. The van der Waals surface area contributed by atoms with E-state index in [-0.39, 0.29) is 5.91 Å². The van der Waals surface area contributed by atoms with Gasteiger partial charge in [0.25, 0.3) is 5.91 Å². The van der Waals surface area contributed by atoms with E-state index in [0.717, 1.165) is 35.3 Å². The van der Waals surface area contributed by atoms with Crippen molar-refractivity contribution in [3.05, 3.63) is 78.6 Å². The van der Waals surface area contributed by atoms with Crippen LogP contribution in [0.25, 0.3) is 33.3 Å². The molecule has 2 aromatic heterocycles. The van der Waals surface area contributed by atoms with Crippen LogP contribution >= 0.6 is 0 Å². The molecule has 4 aromatic rings. The Kier molecular flexibility index (Phi) is 8.79. The van der Waals surface area contributed by atoms with Gasteiger partial charge in [0.1, 0.15) is 18.6 Å². The van der Waals surface area contributed by atoms with Gasteiger partial charge in [0.05, 0.1) is 16.8 Å². The topological polar surface area (TPSA) is 119 Å². The van der Waals surface area contributed by atoms with Crippen molar-refractivity contribution in [1.29, 1.82) is 0 Å². The number of nitrogens with zero attached hydrogens (tertiary/aromatic N) is 2. The van der Waals surface area contributed by atoms with E-state index < -0.39 is 0 Å². The summed E-state index contributed by atoms with van der Waals surface area (Å²) < 4.78 is 5.67. The van der Waals surface area contributed by atoms with Gasteiger partial charge in [-0.1, -0.05) is 36.4 Å². The lowest BCUT2D eigenvalue weighted by Crippen LogP contribution is -2.30. The van der Waals surface area contributed by atoms with Crippen molar-refractivity contribution in [2.24, 2.45) is 5.84 Å². The Morgan fingerprint density at radius 3 is 2.26 bits per heavy atom. The van der Waals surface area contributed by atoms with E-state index in [2.05, 4.69) is 20.7 Å². The van der Waals surface area contributed by atoms with Gasteiger partial charge in [-0.05, 0) is 49.4 Å². The third kappa shape index (κ3) is 6.00. The van der Waals surface area contributed by atoms with Crippen molar-refractivity contribution in [3.8, 4) is 28.1 Å². The molecule has 4 N–H and O–H groups in total. The van der Waals surface area contributed by atoms with Gasteiger partial charge in [0.15, 0.2) is 0 Å². The summed E-state index contributed by atoms with van der Waals surface area (Å²) in [4.78, 5) is 29.8. The Labute approximate surface area is 198 Å². The first kappa shape index (κ1) is 24.5. The number of likely N-dealkylation sites (N-methyl/N-ethyl adjacent to an activating group) is 1. The van der Waals surface area contributed by atoms with Gasteiger partial charge in [-0.25, -0.2) is 10.8 Å². The minimum absolute atomic E-state index is 0.379. The number of nitrogen functional groups attached to an aromatic ring is 1. The minimum Gasteiger partial charge on any atom is -0.492 e. The maximum atomic E-state index is 12.3. The number of hydrogen-bond acceptors (Lipinski definition) is 7. The van der Waals surface area contributed by atoms with Crippen LogP contribution in [0, 0.1) is 0 Å². The second kappa shape index (κ2) is 12.2. The fourth-order valence-electron chi connectivity index (χ4n) is 3.33. The molecule has 0 fully saturated rings. The molecule has 8 heteroatoms. The number of hydrazine groups is 1. The van der Waals surface area contributed by atoms with Crippen LogP contribution in [0.4, 0.5) is 0 Å². The molecular formula is C26H27N5O3. The molecule has 2 aromatic carbocycles. The van der Waals surface area contributed by atoms with Crippen LogP contribution < -0.4 is 21.3 Å². The summed E-state index contributed by atoms with van der Waals surface area (Å²) in [6.07, 6.45) is 4.02. The third-order valence-electron chi connectivity index (χ3n) is 4.98. The van der Waals surface area contributed by atoms with Crippen molar-refractivity contribution < 1.29 is 14.3 Å². The van der Waals surface area contributed by atoms with Crippen LogP contribution in [0.1, 0.15) is 17.3 Å². The molecule has 34 heavy (non-hydrogen) atoms. The van der Waals surface area contributed by atoms with E-state index in [1.807, 2.05) is 55.6 Å². The maximum absolute atomic E-state index is 12.3. The van der Waals surface area contributed by atoms with Crippen LogP contribution in [0.2, 0.25) is 0 Å². The first-order chi connectivity index (χ1) is 16.6. The van der Waals surface area contributed by atoms with Gasteiger partial charge in [0, 0.05) is 29.9 Å². The number of amides is 1. The summed E-state index contributed by atoms with van der Waals surface area (Å²) in [7, 11) is 1.90. The molecule has 0 unspecified atom stereocenters.